The van der Waals surface area contributed by atoms with E-state index in [1.807, 2.05) is 0 Å². The van der Waals surface area contributed by atoms with Crippen LogP contribution < -0.4 is 10.6 Å². The van der Waals surface area contributed by atoms with E-state index >= 15 is 0 Å². The normalized spacial score (nSPS) is 23.4. The number of ether oxygens (including phenoxy) is 6. The third kappa shape index (κ3) is 13.3. The summed E-state index contributed by atoms with van der Waals surface area (Å²) in [4.78, 5) is 58.6. The third-order valence-corrected chi connectivity index (χ3v) is 4.84. The number of nitrogens with one attached hydrogen (secondary N) is 2. The molecule has 212 valence electrons. The monoisotopic (exact) mass is 532 g/mol. The largest absolute Gasteiger partial charge is 0.463 e. The fourth-order valence-electron chi connectivity index (χ4n) is 3.54. The number of alkyl carbamates (subject to hydrolysis) is 1. The first-order valence-corrected chi connectivity index (χ1v) is 12.2. The van der Waals surface area contributed by atoms with E-state index in [0.29, 0.717) is 25.8 Å². The van der Waals surface area contributed by atoms with Gasteiger partial charge in [-0.15, -0.1) is 0 Å². The van der Waals surface area contributed by atoms with Crippen LogP contribution in [0.2, 0.25) is 0 Å². The predicted molar refractivity (Wildman–Crippen MR) is 128 cm³/mol. The highest BCUT2D eigenvalue weighted by Gasteiger charge is 2.51. The second-order valence-corrected chi connectivity index (χ2v) is 9.58. The molecular weight excluding hydrogens is 492 g/mol. The molecule has 5 atom stereocenters. The maximum Gasteiger partial charge on any atom is 0.407 e. The van der Waals surface area contributed by atoms with Gasteiger partial charge in [0.25, 0.3) is 0 Å². The Hall–Kier alpha value is -2.93. The number of hydrogen-bond acceptors (Lipinski definition) is 11. The summed E-state index contributed by atoms with van der Waals surface area (Å²) in [5, 5.41) is 5.32. The third-order valence-electron chi connectivity index (χ3n) is 4.84. The number of carbonyl (C=O) groups is 5. The van der Waals surface area contributed by atoms with Crippen molar-refractivity contribution >= 4 is 29.9 Å². The topological polar surface area (TPSA) is 165 Å². The molecule has 0 unspecified atom stereocenters. The lowest BCUT2D eigenvalue weighted by Gasteiger charge is -2.44. The van der Waals surface area contributed by atoms with Crippen LogP contribution in [0, 0.1) is 0 Å². The van der Waals surface area contributed by atoms with Crippen molar-refractivity contribution in [1.82, 2.24) is 10.6 Å². The molecule has 1 heterocycles. The predicted octanol–water partition coefficient (Wildman–Crippen LogP) is 1.35. The van der Waals surface area contributed by atoms with Crippen molar-refractivity contribution in [2.45, 2.75) is 104 Å². The molecule has 1 rings (SSSR count). The SMILES string of the molecule is CC(=O)N[C@@H]1[C@H](OCCCCCNC(=O)OC(C)(C)C)O[C@H](COC(C)=O)[C@H](OC(C)=O)[C@@H]1OC(C)=O. The molecule has 0 aromatic carbocycles. The summed E-state index contributed by atoms with van der Waals surface area (Å²) in [7, 11) is 0. The molecule has 0 aliphatic carbocycles. The lowest BCUT2D eigenvalue weighted by atomic mass is 9.96. The zero-order valence-electron chi connectivity index (χ0n) is 22.6. The number of hydrogen-bond donors (Lipinski definition) is 2. The number of rotatable bonds is 12. The Morgan fingerprint density at radius 2 is 1.46 bits per heavy atom. The summed E-state index contributed by atoms with van der Waals surface area (Å²) in [5.74, 6) is -2.40. The zero-order valence-corrected chi connectivity index (χ0v) is 22.6. The Labute approximate surface area is 217 Å². The van der Waals surface area contributed by atoms with E-state index in [2.05, 4.69) is 10.6 Å². The van der Waals surface area contributed by atoms with Gasteiger partial charge in [-0.3, -0.25) is 19.2 Å². The molecule has 37 heavy (non-hydrogen) atoms. The van der Waals surface area contributed by atoms with Crippen molar-refractivity contribution < 1.29 is 52.4 Å². The lowest BCUT2D eigenvalue weighted by molar-refractivity contribution is -0.277. The molecule has 2 N–H and O–H groups in total. The molecule has 0 saturated carbocycles. The highest BCUT2D eigenvalue weighted by atomic mass is 16.7. The minimum Gasteiger partial charge on any atom is -0.463 e. The lowest BCUT2D eigenvalue weighted by Crippen LogP contribution is -2.66. The van der Waals surface area contributed by atoms with E-state index in [9.17, 15) is 24.0 Å². The van der Waals surface area contributed by atoms with E-state index in [1.165, 1.54) is 27.7 Å². The van der Waals surface area contributed by atoms with Crippen LogP contribution in [0.1, 0.15) is 67.7 Å². The van der Waals surface area contributed by atoms with Crippen LogP contribution in [-0.4, -0.2) is 85.9 Å². The van der Waals surface area contributed by atoms with E-state index in [-0.39, 0.29) is 13.2 Å². The van der Waals surface area contributed by atoms with Crippen LogP contribution in [0.5, 0.6) is 0 Å². The van der Waals surface area contributed by atoms with Crippen molar-refractivity contribution in [3.63, 3.8) is 0 Å². The zero-order chi connectivity index (χ0) is 28.2. The summed E-state index contributed by atoms with van der Waals surface area (Å²) >= 11 is 0. The molecule has 0 bridgehead atoms. The van der Waals surface area contributed by atoms with Crippen LogP contribution >= 0.6 is 0 Å². The smallest absolute Gasteiger partial charge is 0.407 e. The highest BCUT2D eigenvalue weighted by molar-refractivity contribution is 5.73. The second kappa shape index (κ2) is 15.4. The van der Waals surface area contributed by atoms with E-state index in [1.54, 1.807) is 20.8 Å². The Bertz CT molecular complexity index is 796. The molecular formula is C24H40N2O11. The van der Waals surface area contributed by atoms with Gasteiger partial charge in [-0.05, 0) is 40.0 Å². The van der Waals surface area contributed by atoms with Crippen molar-refractivity contribution in [3.8, 4) is 0 Å². The van der Waals surface area contributed by atoms with Crippen LogP contribution in [0.15, 0.2) is 0 Å². The fraction of sp³-hybridized carbons (Fsp3) is 0.792. The summed E-state index contributed by atoms with van der Waals surface area (Å²) in [5.41, 5.74) is -0.575. The first-order chi connectivity index (χ1) is 17.2. The van der Waals surface area contributed by atoms with Gasteiger partial charge in [0.15, 0.2) is 18.5 Å². The first-order valence-electron chi connectivity index (χ1n) is 12.2. The Balaban J connectivity index is 2.83. The Morgan fingerprint density at radius 1 is 0.838 bits per heavy atom. The minimum absolute atomic E-state index is 0.207. The molecule has 13 heteroatoms. The van der Waals surface area contributed by atoms with Gasteiger partial charge in [-0.1, -0.05) is 0 Å². The van der Waals surface area contributed by atoms with Crippen LogP contribution in [0.3, 0.4) is 0 Å². The summed E-state index contributed by atoms with van der Waals surface area (Å²) < 4.78 is 32.8. The molecule has 0 aromatic rings. The van der Waals surface area contributed by atoms with Gasteiger partial charge in [-0.2, -0.15) is 0 Å². The molecule has 1 saturated heterocycles. The molecule has 13 nitrogen and oxygen atoms in total. The van der Waals surface area contributed by atoms with Gasteiger partial charge in [0.2, 0.25) is 5.91 Å². The van der Waals surface area contributed by atoms with E-state index in [4.69, 9.17) is 28.4 Å². The minimum atomic E-state index is -1.17. The van der Waals surface area contributed by atoms with Gasteiger partial charge >= 0.3 is 24.0 Å². The average Bonchev–Trinajstić information content (AvgIpc) is 2.73. The van der Waals surface area contributed by atoms with E-state index in [0.717, 1.165) is 0 Å². The summed E-state index contributed by atoms with van der Waals surface area (Å²) in [6.45, 7) is 10.5. The van der Waals surface area contributed by atoms with Crippen LogP contribution in [0.4, 0.5) is 4.79 Å². The quantitative estimate of drug-likeness (QED) is 0.212. The highest BCUT2D eigenvalue weighted by Crippen LogP contribution is 2.28. The number of unbranched alkanes of at least 4 members (excludes halogenated alkanes) is 2. The Kier molecular flexibility index (Phi) is 13.3. The fourth-order valence-corrected chi connectivity index (χ4v) is 3.54. The maximum absolute atomic E-state index is 11.9. The molecule has 1 fully saturated rings. The summed E-state index contributed by atoms with van der Waals surface area (Å²) in [6.07, 6.45) is -2.99. The molecule has 0 radical (unpaired) electrons. The molecule has 0 aromatic heterocycles. The van der Waals surface area contributed by atoms with Gasteiger partial charge in [0.05, 0.1) is 0 Å². The average molecular weight is 533 g/mol. The van der Waals surface area contributed by atoms with Crippen molar-refractivity contribution in [2.24, 2.45) is 0 Å². The van der Waals surface area contributed by atoms with Crippen molar-refractivity contribution in [1.29, 1.82) is 0 Å². The van der Waals surface area contributed by atoms with Gasteiger partial charge in [-0.25, -0.2) is 4.79 Å². The molecule has 2 amide bonds. The van der Waals surface area contributed by atoms with Crippen molar-refractivity contribution in [3.05, 3.63) is 0 Å². The van der Waals surface area contributed by atoms with Gasteiger partial charge in [0, 0.05) is 40.8 Å². The standard InChI is InChI=1S/C24H40N2O11/c1-14(27)26-19-21(35-17(4)30)20(34-16(3)29)18(13-33-15(2)28)36-22(19)32-12-10-8-9-11-25-23(31)37-24(5,6)7/h18-22H,8-13H2,1-7H3,(H,25,31)(H,26,27)/t18-,19+,20+,21-,22-/m1/s1. The molecule has 1 aliphatic heterocycles. The van der Waals surface area contributed by atoms with Crippen LogP contribution in [-0.2, 0) is 47.6 Å². The molecule has 1 aliphatic rings. The number of esters is 3. The number of carbonyl (C=O) groups excluding carboxylic acids is 5. The Morgan fingerprint density at radius 3 is 2.00 bits per heavy atom. The number of amides is 2. The first kappa shape index (κ1) is 32.1. The molecule has 0 spiro atoms. The van der Waals surface area contributed by atoms with Gasteiger partial charge in [0.1, 0.15) is 24.4 Å². The van der Waals surface area contributed by atoms with Crippen molar-refractivity contribution in [2.75, 3.05) is 19.8 Å². The maximum atomic E-state index is 11.9. The van der Waals surface area contributed by atoms with Crippen LogP contribution in [0.25, 0.3) is 0 Å². The second-order valence-electron chi connectivity index (χ2n) is 9.58. The summed E-state index contributed by atoms with van der Waals surface area (Å²) in [6, 6.07) is -1.01. The van der Waals surface area contributed by atoms with E-state index < -0.39 is 66.2 Å². The van der Waals surface area contributed by atoms with Gasteiger partial charge < -0.3 is 39.1 Å².